The third kappa shape index (κ3) is 5.17. The predicted molar refractivity (Wildman–Crippen MR) is 57.6 cm³/mol. The van der Waals surface area contributed by atoms with Gasteiger partial charge >= 0.3 is 6.01 Å². The van der Waals surface area contributed by atoms with E-state index >= 15 is 0 Å². The first-order valence-corrected chi connectivity index (χ1v) is 4.83. The fourth-order valence-electron chi connectivity index (χ4n) is 0.904. The topological polar surface area (TPSA) is 70.3 Å². The largest absolute Gasteiger partial charge is 0.461 e. The van der Waals surface area contributed by atoms with E-state index in [0.29, 0.717) is 19.0 Å². The number of hydrogen-bond donors (Lipinski definition) is 1. The summed E-state index contributed by atoms with van der Waals surface area (Å²) >= 11 is 0. The lowest BCUT2D eigenvalue weighted by Gasteiger charge is -2.19. The molecule has 0 aliphatic carbocycles. The van der Waals surface area contributed by atoms with Crippen LogP contribution in [0.25, 0.3) is 0 Å². The van der Waals surface area contributed by atoms with E-state index in [2.05, 4.69) is 9.97 Å². The molecule has 5 nitrogen and oxygen atoms in total. The van der Waals surface area contributed by atoms with Crippen LogP contribution in [-0.4, -0.2) is 28.8 Å². The summed E-state index contributed by atoms with van der Waals surface area (Å²) in [5.41, 5.74) is 5.32. The van der Waals surface area contributed by atoms with E-state index in [4.69, 9.17) is 15.2 Å². The molecule has 15 heavy (non-hydrogen) atoms. The van der Waals surface area contributed by atoms with Gasteiger partial charge in [-0.05, 0) is 26.8 Å². The van der Waals surface area contributed by atoms with Crippen LogP contribution in [0.5, 0.6) is 6.01 Å². The number of aromatic nitrogens is 2. The second-order valence-electron chi connectivity index (χ2n) is 4.07. The molecular weight excluding hydrogens is 194 g/mol. The molecule has 0 saturated heterocycles. The summed E-state index contributed by atoms with van der Waals surface area (Å²) in [6.45, 7) is 6.89. The molecule has 0 atom stereocenters. The molecule has 0 aromatic carbocycles. The summed E-state index contributed by atoms with van der Waals surface area (Å²) < 4.78 is 10.7. The highest BCUT2D eigenvalue weighted by Crippen LogP contribution is 2.07. The van der Waals surface area contributed by atoms with Crippen LogP contribution in [0, 0.1) is 0 Å². The van der Waals surface area contributed by atoms with Gasteiger partial charge in [-0.3, -0.25) is 0 Å². The van der Waals surface area contributed by atoms with E-state index in [1.54, 1.807) is 12.3 Å². The summed E-state index contributed by atoms with van der Waals surface area (Å²) in [7, 11) is 0. The average Bonchev–Trinajstić information content (AvgIpc) is 2.11. The molecule has 0 aliphatic heterocycles. The summed E-state index contributed by atoms with van der Waals surface area (Å²) in [6, 6.07) is 1.89. The van der Waals surface area contributed by atoms with Gasteiger partial charge in [0.1, 0.15) is 12.4 Å². The molecule has 0 aliphatic rings. The first-order valence-electron chi connectivity index (χ1n) is 4.83. The van der Waals surface area contributed by atoms with E-state index in [-0.39, 0.29) is 11.6 Å². The Kier molecular flexibility index (Phi) is 3.85. The van der Waals surface area contributed by atoms with Crippen molar-refractivity contribution in [3.05, 3.63) is 12.3 Å². The van der Waals surface area contributed by atoms with Gasteiger partial charge < -0.3 is 15.2 Å². The van der Waals surface area contributed by atoms with Crippen molar-refractivity contribution in [2.45, 2.75) is 26.4 Å². The molecule has 0 amide bonds. The molecule has 0 spiro atoms. The van der Waals surface area contributed by atoms with Crippen molar-refractivity contribution in [3.8, 4) is 6.01 Å². The lowest BCUT2D eigenvalue weighted by atomic mass is 10.2. The Bertz CT molecular complexity index is 310. The zero-order chi connectivity index (χ0) is 11.3. The minimum absolute atomic E-state index is 0.153. The Balaban J connectivity index is 2.26. The molecule has 1 aromatic heterocycles. The van der Waals surface area contributed by atoms with Gasteiger partial charge in [0, 0.05) is 6.20 Å². The van der Waals surface area contributed by atoms with Crippen LogP contribution in [-0.2, 0) is 4.74 Å². The van der Waals surface area contributed by atoms with Gasteiger partial charge in [-0.1, -0.05) is 0 Å². The Labute approximate surface area is 89.6 Å². The van der Waals surface area contributed by atoms with Crippen LogP contribution in [0.4, 0.5) is 5.82 Å². The molecular formula is C10H17N3O2. The van der Waals surface area contributed by atoms with Gasteiger partial charge in [-0.2, -0.15) is 4.98 Å². The maximum atomic E-state index is 5.47. The monoisotopic (exact) mass is 211 g/mol. The van der Waals surface area contributed by atoms with Crippen molar-refractivity contribution < 1.29 is 9.47 Å². The van der Waals surface area contributed by atoms with Gasteiger partial charge in [0.05, 0.1) is 12.2 Å². The molecule has 5 heteroatoms. The molecule has 0 saturated carbocycles. The van der Waals surface area contributed by atoms with Crippen LogP contribution in [0.1, 0.15) is 20.8 Å². The van der Waals surface area contributed by atoms with Crippen LogP contribution in [0.3, 0.4) is 0 Å². The third-order valence-electron chi connectivity index (χ3n) is 1.50. The van der Waals surface area contributed by atoms with Crippen molar-refractivity contribution in [2.24, 2.45) is 0 Å². The second-order valence-corrected chi connectivity index (χ2v) is 4.07. The molecule has 0 bridgehead atoms. The summed E-state index contributed by atoms with van der Waals surface area (Å²) in [5.74, 6) is 0.400. The lowest BCUT2D eigenvalue weighted by molar-refractivity contribution is -0.0173. The normalized spacial score (nSPS) is 11.4. The Morgan fingerprint density at radius 2 is 2.07 bits per heavy atom. The zero-order valence-corrected chi connectivity index (χ0v) is 9.36. The van der Waals surface area contributed by atoms with Gasteiger partial charge in [0.15, 0.2) is 0 Å². The first kappa shape index (κ1) is 11.7. The van der Waals surface area contributed by atoms with Crippen molar-refractivity contribution in [2.75, 3.05) is 18.9 Å². The van der Waals surface area contributed by atoms with E-state index < -0.39 is 0 Å². The number of ether oxygens (including phenoxy) is 2. The quantitative estimate of drug-likeness (QED) is 0.759. The number of nitrogen functional groups attached to an aromatic ring is 1. The molecule has 84 valence electrons. The highest BCUT2D eigenvalue weighted by atomic mass is 16.5. The predicted octanol–water partition coefficient (Wildman–Crippen LogP) is 1.25. The standard InChI is InChI=1S/C10H17N3O2/c1-10(2,3)15-7-6-14-9-12-5-4-8(11)13-9/h4-5H,6-7H2,1-3H3,(H2,11,12,13). The lowest BCUT2D eigenvalue weighted by Crippen LogP contribution is -2.22. The molecule has 1 aromatic rings. The van der Waals surface area contributed by atoms with Gasteiger partial charge in [0.25, 0.3) is 0 Å². The maximum Gasteiger partial charge on any atom is 0.318 e. The second kappa shape index (κ2) is 4.93. The SMILES string of the molecule is CC(C)(C)OCCOc1nccc(N)n1. The van der Waals surface area contributed by atoms with Crippen molar-refractivity contribution in [3.63, 3.8) is 0 Å². The van der Waals surface area contributed by atoms with E-state index in [1.807, 2.05) is 20.8 Å². The van der Waals surface area contributed by atoms with E-state index in [1.165, 1.54) is 0 Å². The smallest absolute Gasteiger partial charge is 0.318 e. The van der Waals surface area contributed by atoms with Crippen molar-refractivity contribution >= 4 is 5.82 Å². The minimum Gasteiger partial charge on any atom is -0.461 e. The number of rotatable bonds is 4. The molecule has 1 heterocycles. The van der Waals surface area contributed by atoms with Crippen molar-refractivity contribution in [1.82, 2.24) is 9.97 Å². The number of nitrogens with zero attached hydrogens (tertiary/aromatic N) is 2. The zero-order valence-electron chi connectivity index (χ0n) is 9.36. The Hall–Kier alpha value is -1.36. The van der Waals surface area contributed by atoms with Crippen LogP contribution < -0.4 is 10.5 Å². The van der Waals surface area contributed by atoms with Crippen LogP contribution >= 0.6 is 0 Å². The third-order valence-corrected chi connectivity index (χ3v) is 1.50. The fourth-order valence-corrected chi connectivity index (χ4v) is 0.904. The van der Waals surface area contributed by atoms with Crippen LogP contribution in [0.15, 0.2) is 12.3 Å². The summed E-state index contributed by atoms with van der Waals surface area (Å²) in [4.78, 5) is 7.80. The van der Waals surface area contributed by atoms with Gasteiger partial charge in [-0.25, -0.2) is 4.98 Å². The van der Waals surface area contributed by atoms with Crippen LogP contribution in [0.2, 0.25) is 0 Å². The number of nitrogens with two attached hydrogens (primary N) is 1. The summed E-state index contributed by atoms with van der Waals surface area (Å²) in [5, 5.41) is 0. The molecule has 2 N–H and O–H groups in total. The average molecular weight is 211 g/mol. The first-order chi connectivity index (χ1) is 6.97. The highest BCUT2D eigenvalue weighted by Gasteiger charge is 2.09. The maximum absolute atomic E-state index is 5.47. The molecule has 0 fully saturated rings. The van der Waals surface area contributed by atoms with E-state index in [9.17, 15) is 0 Å². The minimum atomic E-state index is -0.153. The molecule has 0 radical (unpaired) electrons. The van der Waals surface area contributed by atoms with Crippen molar-refractivity contribution in [1.29, 1.82) is 0 Å². The number of hydrogen-bond acceptors (Lipinski definition) is 5. The Morgan fingerprint density at radius 1 is 1.33 bits per heavy atom. The summed E-state index contributed by atoms with van der Waals surface area (Å²) in [6.07, 6.45) is 1.56. The fraction of sp³-hybridized carbons (Fsp3) is 0.600. The Morgan fingerprint density at radius 3 is 2.67 bits per heavy atom. The number of anilines is 1. The highest BCUT2D eigenvalue weighted by molar-refractivity contribution is 5.26. The molecule has 0 unspecified atom stereocenters. The van der Waals surface area contributed by atoms with E-state index in [0.717, 1.165) is 0 Å². The van der Waals surface area contributed by atoms with Gasteiger partial charge in [-0.15, -0.1) is 0 Å². The molecule has 1 rings (SSSR count). The van der Waals surface area contributed by atoms with Gasteiger partial charge in [0.2, 0.25) is 0 Å².